The third-order valence-corrected chi connectivity index (χ3v) is 5.89. The summed E-state index contributed by atoms with van der Waals surface area (Å²) in [6.45, 7) is 5.11. The minimum atomic E-state index is -0.0142. The zero-order valence-corrected chi connectivity index (χ0v) is 14.5. The molecule has 1 unspecified atom stereocenters. The van der Waals surface area contributed by atoms with Crippen molar-refractivity contribution in [1.29, 1.82) is 0 Å². The number of ether oxygens (including phenoxy) is 1. The maximum Gasteiger partial charge on any atom is 0.224 e. The molecule has 128 valence electrons. The lowest BCUT2D eigenvalue weighted by atomic mass is 10.2. The zero-order valence-electron chi connectivity index (χ0n) is 13.6. The van der Waals surface area contributed by atoms with E-state index in [1.165, 1.54) is 0 Å². The summed E-state index contributed by atoms with van der Waals surface area (Å²) >= 11 is 1.80. The third kappa shape index (κ3) is 3.31. The minimum Gasteiger partial charge on any atom is -0.458 e. The zero-order chi connectivity index (χ0) is 16.4. The molecule has 2 saturated heterocycles. The molecule has 1 amide bonds. The Morgan fingerprint density at radius 1 is 1.17 bits per heavy atom. The van der Waals surface area contributed by atoms with Gasteiger partial charge in [0.25, 0.3) is 0 Å². The molecule has 1 aromatic carbocycles. The maximum atomic E-state index is 12.5. The molecule has 24 heavy (non-hydrogen) atoms. The summed E-state index contributed by atoms with van der Waals surface area (Å²) in [5, 5.41) is 1.08. The maximum absolute atomic E-state index is 12.5. The first kappa shape index (κ1) is 16.0. The van der Waals surface area contributed by atoms with Gasteiger partial charge >= 0.3 is 0 Å². The van der Waals surface area contributed by atoms with Crippen LogP contribution in [0.3, 0.4) is 0 Å². The van der Waals surface area contributed by atoms with Crippen LogP contribution in [0.2, 0.25) is 0 Å². The van der Waals surface area contributed by atoms with Crippen LogP contribution in [0.25, 0.3) is 11.0 Å². The summed E-state index contributed by atoms with van der Waals surface area (Å²) in [5.74, 6) is 1.97. The molecule has 0 radical (unpaired) electrons. The number of fused-ring (bicyclic) bond motifs is 1. The molecule has 0 spiro atoms. The topological polar surface area (TPSA) is 45.9 Å². The molecule has 0 aliphatic carbocycles. The highest BCUT2D eigenvalue weighted by Crippen LogP contribution is 2.39. The largest absolute Gasteiger partial charge is 0.458 e. The Labute approximate surface area is 145 Å². The van der Waals surface area contributed by atoms with Crippen molar-refractivity contribution in [2.24, 2.45) is 0 Å². The molecule has 2 aliphatic heterocycles. The fourth-order valence-electron chi connectivity index (χ4n) is 3.30. The fourth-order valence-corrected chi connectivity index (χ4v) is 4.50. The summed E-state index contributed by atoms with van der Waals surface area (Å²) in [5.41, 5.74) is 0.888. The minimum absolute atomic E-state index is 0.0142. The second-order valence-electron chi connectivity index (χ2n) is 6.20. The van der Waals surface area contributed by atoms with Gasteiger partial charge in [-0.1, -0.05) is 18.2 Å². The molecule has 4 rings (SSSR count). The van der Waals surface area contributed by atoms with Crippen molar-refractivity contribution >= 4 is 28.6 Å². The lowest BCUT2D eigenvalue weighted by Gasteiger charge is -2.36. The van der Waals surface area contributed by atoms with Crippen molar-refractivity contribution < 1.29 is 13.9 Å². The van der Waals surface area contributed by atoms with Gasteiger partial charge in [-0.2, -0.15) is 0 Å². The van der Waals surface area contributed by atoms with Gasteiger partial charge in [0, 0.05) is 43.7 Å². The normalized spacial score (nSPS) is 23.1. The summed E-state index contributed by atoms with van der Waals surface area (Å²) in [7, 11) is 0. The van der Waals surface area contributed by atoms with Gasteiger partial charge in [0.15, 0.2) is 0 Å². The number of furan rings is 1. The molecule has 2 aliphatic rings. The van der Waals surface area contributed by atoms with Gasteiger partial charge in [-0.05, 0) is 12.1 Å². The van der Waals surface area contributed by atoms with Crippen LogP contribution in [0.4, 0.5) is 0 Å². The van der Waals surface area contributed by atoms with Crippen LogP contribution in [0.1, 0.15) is 17.6 Å². The van der Waals surface area contributed by atoms with Crippen LogP contribution < -0.4 is 0 Å². The molecule has 1 atom stereocenters. The molecule has 0 N–H and O–H groups in total. The summed E-state index contributed by atoms with van der Waals surface area (Å²) in [4.78, 5) is 16.8. The molecule has 2 aromatic rings. The number of rotatable bonds is 4. The highest BCUT2D eigenvalue weighted by atomic mass is 32.2. The van der Waals surface area contributed by atoms with E-state index in [1.807, 2.05) is 23.1 Å². The third-order valence-electron chi connectivity index (χ3n) is 4.64. The van der Waals surface area contributed by atoms with Crippen LogP contribution in [-0.4, -0.2) is 60.9 Å². The SMILES string of the molecule is O=C1CCSC(c2cc3ccccc3o2)N1CCN1CCOCC1. The predicted molar refractivity (Wildman–Crippen MR) is 95.0 cm³/mol. The first-order valence-electron chi connectivity index (χ1n) is 8.51. The first-order valence-corrected chi connectivity index (χ1v) is 9.56. The molecule has 3 heterocycles. The van der Waals surface area contributed by atoms with E-state index < -0.39 is 0 Å². The van der Waals surface area contributed by atoms with Crippen LogP contribution in [0.15, 0.2) is 34.7 Å². The van der Waals surface area contributed by atoms with Gasteiger partial charge < -0.3 is 14.1 Å². The molecule has 6 heteroatoms. The number of benzene rings is 1. The molecule has 5 nitrogen and oxygen atoms in total. The Morgan fingerprint density at radius 3 is 2.83 bits per heavy atom. The average Bonchev–Trinajstić information content (AvgIpc) is 3.05. The number of carbonyl (C=O) groups excluding carboxylic acids is 1. The number of carbonyl (C=O) groups is 1. The Morgan fingerprint density at radius 2 is 2.00 bits per heavy atom. The second kappa shape index (κ2) is 7.17. The van der Waals surface area contributed by atoms with E-state index in [2.05, 4.69) is 17.0 Å². The smallest absolute Gasteiger partial charge is 0.224 e. The number of hydrogen-bond acceptors (Lipinski definition) is 5. The predicted octanol–water partition coefficient (Wildman–Crippen LogP) is 2.73. The van der Waals surface area contributed by atoms with Gasteiger partial charge in [-0.25, -0.2) is 0 Å². The van der Waals surface area contributed by atoms with Crippen molar-refractivity contribution in [2.75, 3.05) is 45.1 Å². The van der Waals surface area contributed by atoms with Crippen LogP contribution >= 0.6 is 11.8 Å². The van der Waals surface area contributed by atoms with E-state index in [0.29, 0.717) is 6.42 Å². The van der Waals surface area contributed by atoms with Crippen LogP contribution in [-0.2, 0) is 9.53 Å². The molecule has 0 saturated carbocycles. The lowest BCUT2D eigenvalue weighted by molar-refractivity contribution is -0.132. The summed E-state index contributed by atoms with van der Waals surface area (Å²) < 4.78 is 11.4. The van der Waals surface area contributed by atoms with E-state index in [-0.39, 0.29) is 11.3 Å². The number of morpholine rings is 1. The van der Waals surface area contributed by atoms with Crippen molar-refractivity contribution in [2.45, 2.75) is 11.8 Å². The number of amides is 1. The lowest BCUT2D eigenvalue weighted by Crippen LogP contribution is -2.45. The van der Waals surface area contributed by atoms with E-state index in [4.69, 9.17) is 9.15 Å². The Hall–Kier alpha value is -1.50. The van der Waals surface area contributed by atoms with Crippen LogP contribution in [0, 0.1) is 0 Å². The van der Waals surface area contributed by atoms with Crippen molar-refractivity contribution in [1.82, 2.24) is 9.80 Å². The van der Waals surface area contributed by atoms with Gasteiger partial charge in [0.1, 0.15) is 16.7 Å². The van der Waals surface area contributed by atoms with Crippen molar-refractivity contribution in [3.05, 3.63) is 36.1 Å². The van der Waals surface area contributed by atoms with Crippen LogP contribution in [0.5, 0.6) is 0 Å². The number of thioether (sulfide) groups is 1. The van der Waals surface area contributed by atoms with Gasteiger partial charge in [-0.15, -0.1) is 11.8 Å². The molecule has 2 fully saturated rings. The standard InChI is InChI=1S/C18H22N2O3S/c21-17-5-12-24-18(16-13-14-3-1-2-4-15(14)23-16)20(17)7-6-19-8-10-22-11-9-19/h1-4,13,18H,5-12H2. The van der Waals surface area contributed by atoms with Gasteiger partial charge in [-0.3, -0.25) is 9.69 Å². The molecule has 0 bridgehead atoms. The quantitative estimate of drug-likeness (QED) is 0.852. The first-order chi connectivity index (χ1) is 11.8. The van der Waals surface area contributed by atoms with Gasteiger partial charge in [0.2, 0.25) is 5.91 Å². The number of hydrogen-bond donors (Lipinski definition) is 0. The van der Waals surface area contributed by atoms with Gasteiger partial charge in [0.05, 0.1) is 13.2 Å². The van der Waals surface area contributed by atoms with Crippen molar-refractivity contribution in [3.63, 3.8) is 0 Å². The highest BCUT2D eigenvalue weighted by molar-refractivity contribution is 7.99. The monoisotopic (exact) mass is 346 g/mol. The van der Waals surface area contributed by atoms with E-state index >= 15 is 0 Å². The van der Waals surface area contributed by atoms with E-state index in [9.17, 15) is 4.79 Å². The van der Waals surface area contributed by atoms with E-state index in [0.717, 1.165) is 61.9 Å². The average molecular weight is 346 g/mol. The Bertz CT molecular complexity index is 678. The van der Waals surface area contributed by atoms with E-state index in [1.54, 1.807) is 11.8 Å². The highest BCUT2D eigenvalue weighted by Gasteiger charge is 2.32. The number of para-hydroxylation sites is 1. The molecular formula is C18H22N2O3S. The molecule has 1 aromatic heterocycles. The fraction of sp³-hybridized carbons (Fsp3) is 0.500. The Kier molecular flexibility index (Phi) is 4.78. The molecular weight excluding hydrogens is 324 g/mol. The second-order valence-corrected chi connectivity index (χ2v) is 7.39. The Balaban J connectivity index is 1.51. The summed E-state index contributed by atoms with van der Waals surface area (Å²) in [6, 6.07) is 10.1. The summed E-state index contributed by atoms with van der Waals surface area (Å²) in [6.07, 6.45) is 0.616. The van der Waals surface area contributed by atoms with Crippen molar-refractivity contribution in [3.8, 4) is 0 Å². The number of nitrogens with zero attached hydrogens (tertiary/aromatic N) is 2.